The van der Waals surface area contributed by atoms with Crippen LogP contribution in [0.2, 0.25) is 0 Å². The molecule has 0 saturated carbocycles. The van der Waals surface area contributed by atoms with Gasteiger partial charge in [0.1, 0.15) is 5.82 Å². The van der Waals surface area contributed by atoms with E-state index in [-0.39, 0.29) is 5.82 Å². The lowest BCUT2D eigenvalue weighted by Crippen LogP contribution is -1.91. The van der Waals surface area contributed by atoms with Gasteiger partial charge in [0, 0.05) is 10.2 Å². The highest BCUT2D eigenvalue weighted by atomic mass is 79.9. The third kappa shape index (κ3) is 4.05. The van der Waals surface area contributed by atoms with Crippen LogP contribution in [-0.2, 0) is 0 Å². The lowest BCUT2D eigenvalue weighted by Gasteiger charge is -1.96. The molecular weight excluding hydrogens is 299 g/mol. The Bertz CT molecular complexity index is 279. The van der Waals surface area contributed by atoms with Crippen LogP contribution < -0.4 is 0 Å². The molecule has 0 fully saturated rings. The number of allylic oxidation sites excluding steroid dienone is 1. The van der Waals surface area contributed by atoms with Crippen LogP contribution in [-0.4, -0.2) is 10.2 Å². The van der Waals surface area contributed by atoms with E-state index < -0.39 is 0 Å². The molecule has 3 heteroatoms. The van der Waals surface area contributed by atoms with Crippen molar-refractivity contribution in [2.24, 2.45) is 0 Å². The van der Waals surface area contributed by atoms with Gasteiger partial charge in [-0.05, 0) is 17.7 Å². The van der Waals surface area contributed by atoms with Crippen molar-refractivity contribution in [3.63, 3.8) is 0 Å². The monoisotopic (exact) mass is 306 g/mol. The first kappa shape index (κ1) is 10.9. The fourth-order valence-corrected chi connectivity index (χ4v) is 1.21. The lowest BCUT2D eigenvalue weighted by molar-refractivity contribution is 0.628. The summed E-state index contributed by atoms with van der Waals surface area (Å²) in [7, 11) is 0. The summed E-state index contributed by atoms with van der Waals surface area (Å²) < 4.78 is 12.5. The molecule has 0 aromatic heterocycles. The molecule has 0 aliphatic carbocycles. The fourth-order valence-electron chi connectivity index (χ4n) is 0.841. The van der Waals surface area contributed by atoms with Crippen LogP contribution in [0.5, 0.6) is 0 Å². The van der Waals surface area contributed by atoms with E-state index in [0.29, 0.717) is 4.83 Å². The van der Waals surface area contributed by atoms with E-state index in [9.17, 15) is 4.39 Å². The molecule has 0 aliphatic heterocycles. The van der Waals surface area contributed by atoms with Crippen LogP contribution in [0, 0.1) is 5.82 Å². The predicted molar refractivity (Wildman–Crippen MR) is 61.9 cm³/mol. The molecule has 13 heavy (non-hydrogen) atoms. The average molecular weight is 308 g/mol. The molecule has 0 amide bonds. The molecule has 1 aromatic rings. The maximum absolute atomic E-state index is 12.5. The Hall–Kier alpha value is -0.150. The molecule has 0 saturated heterocycles. The van der Waals surface area contributed by atoms with Crippen molar-refractivity contribution >= 4 is 37.9 Å². The SMILES string of the molecule is Fc1ccc(C=CC(Br)CBr)cc1. The van der Waals surface area contributed by atoms with E-state index in [1.54, 1.807) is 12.1 Å². The van der Waals surface area contributed by atoms with Crippen molar-refractivity contribution in [2.45, 2.75) is 4.83 Å². The summed E-state index contributed by atoms with van der Waals surface area (Å²) in [5.74, 6) is -0.201. The second kappa shape index (κ2) is 5.55. The van der Waals surface area contributed by atoms with Gasteiger partial charge in [-0.25, -0.2) is 4.39 Å². The Morgan fingerprint density at radius 3 is 2.46 bits per heavy atom. The first-order valence-electron chi connectivity index (χ1n) is 3.86. The number of hydrogen-bond acceptors (Lipinski definition) is 0. The van der Waals surface area contributed by atoms with Gasteiger partial charge < -0.3 is 0 Å². The minimum Gasteiger partial charge on any atom is -0.207 e. The van der Waals surface area contributed by atoms with Crippen molar-refractivity contribution in [3.05, 3.63) is 41.7 Å². The van der Waals surface area contributed by atoms with E-state index in [1.807, 2.05) is 12.2 Å². The normalized spacial score (nSPS) is 13.5. The van der Waals surface area contributed by atoms with E-state index in [4.69, 9.17) is 0 Å². The second-order valence-electron chi connectivity index (χ2n) is 2.58. The minimum absolute atomic E-state index is 0.201. The zero-order valence-electron chi connectivity index (χ0n) is 6.88. The molecule has 0 spiro atoms. The summed E-state index contributed by atoms with van der Waals surface area (Å²) in [4.78, 5) is 0.317. The number of rotatable bonds is 3. The van der Waals surface area contributed by atoms with Gasteiger partial charge in [-0.3, -0.25) is 0 Å². The zero-order chi connectivity index (χ0) is 9.68. The van der Waals surface area contributed by atoms with Gasteiger partial charge in [0.05, 0.1) is 0 Å². The first-order valence-corrected chi connectivity index (χ1v) is 5.90. The van der Waals surface area contributed by atoms with Crippen LogP contribution in [0.15, 0.2) is 30.3 Å². The van der Waals surface area contributed by atoms with E-state index in [0.717, 1.165) is 10.9 Å². The largest absolute Gasteiger partial charge is 0.207 e. The number of halogens is 3. The molecule has 70 valence electrons. The molecule has 0 bridgehead atoms. The van der Waals surface area contributed by atoms with Crippen molar-refractivity contribution in [1.29, 1.82) is 0 Å². The highest BCUT2D eigenvalue weighted by Crippen LogP contribution is 2.09. The maximum Gasteiger partial charge on any atom is 0.123 e. The van der Waals surface area contributed by atoms with Crippen molar-refractivity contribution in [1.82, 2.24) is 0 Å². The molecule has 0 aliphatic rings. The minimum atomic E-state index is -0.201. The summed E-state index contributed by atoms with van der Waals surface area (Å²) in [6, 6.07) is 6.41. The first-order chi connectivity index (χ1) is 6.22. The van der Waals surface area contributed by atoms with E-state index in [2.05, 4.69) is 31.9 Å². The Labute approximate surface area is 94.1 Å². The Balaban J connectivity index is 2.64. The van der Waals surface area contributed by atoms with Crippen LogP contribution >= 0.6 is 31.9 Å². The van der Waals surface area contributed by atoms with Crippen molar-refractivity contribution in [2.75, 3.05) is 5.33 Å². The lowest BCUT2D eigenvalue weighted by atomic mass is 10.2. The third-order valence-corrected chi connectivity index (χ3v) is 3.71. The van der Waals surface area contributed by atoms with Gasteiger partial charge in [0.25, 0.3) is 0 Å². The smallest absolute Gasteiger partial charge is 0.123 e. The van der Waals surface area contributed by atoms with Gasteiger partial charge in [-0.15, -0.1) is 0 Å². The van der Waals surface area contributed by atoms with Gasteiger partial charge in [0.15, 0.2) is 0 Å². The fraction of sp³-hybridized carbons (Fsp3) is 0.200. The summed E-state index contributed by atoms with van der Waals surface area (Å²) in [5.41, 5.74) is 1.01. The molecular formula is C10H9Br2F. The van der Waals surface area contributed by atoms with Crippen molar-refractivity contribution < 1.29 is 4.39 Å². The molecule has 1 unspecified atom stereocenters. The molecule has 0 nitrogen and oxygen atoms in total. The predicted octanol–water partition coefficient (Wildman–Crippen LogP) is 4.00. The Kier molecular flexibility index (Phi) is 4.67. The van der Waals surface area contributed by atoms with E-state index in [1.165, 1.54) is 12.1 Å². The van der Waals surface area contributed by atoms with Crippen LogP contribution in [0.4, 0.5) is 4.39 Å². The van der Waals surface area contributed by atoms with E-state index >= 15 is 0 Å². The van der Waals surface area contributed by atoms with Gasteiger partial charge >= 0.3 is 0 Å². The Morgan fingerprint density at radius 2 is 1.92 bits per heavy atom. The summed E-state index contributed by atoms with van der Waals surface area (Å²) >= 11 is 6.78. The standard InChI is InChI=1S/C10H9Br2F/c11-7-9(12)4-1-8-2-5-10(13)6-3-8/h1-6,9H,7H2. The topological polar surface area (TPSA) is 0 Å². The van der Waals surface area contributed by atoms with Gasteiger partial charge in [0.2, 0.25) is 0 Å². The van der Waals surface area contributed by atoms with Gasteiger partial charge in [-0.2, -0.15) is 0 Å². The molecule has 1 aromatic carbocycles. The summed E-state index contributed by atoms with van der Waals surface area (Å²) in [6.45, 7) is 0. The quantitative estimate of drug-likeness (QED) is 0.741. The molecule has 0 heterocycles. The van der Waals surface area contributed by atoms with Gasteiger partial charge in [-0.1, -0.05) is 56.1 Å². The Morgan fingerprint density at radius 1 is 1.31 bits per heavy atom. The maximum atomic E-state index is 12.5. The molecule has 1 atom stereocenters. The van der Waals surface area contributed by atoms with Crippen molar-refractivity contribution in [3.8, 4) is 0 Å². The van der Waals surface area contributed by atoms with Crippen LogP contribution in [0.25, 0.3) is 6.08 Å². The summed E-state index contributed by atoms with van der Waals surface area (Å²) in [5, 5.41) is 0.866. The highest BCUT2D eigenvalue weighted by Gasteiger charge is 1.94. The number of benzene rings is 1. The second-order valence-corrected chi connectivity index (χ2v) is 4.40. The number of alkyl halides is 2. The zero-order valence-corrected chi connectivity index (χ0v) is 10.1. The molecule has 0 N–H and O–H groups in total. The molecule has 1 rings (SSSR count). The average Bonchev–Trinajstić information content (AvgIpc) is 2.16. The third-order valence-electron chi connectivity index (χ3n) is 1.51. The number of hydrogen-bond donors (Lipinski definition) is 0. The van der Waals surface area contributed by atoms with Crippen LogP contribution in [0.3, 0.4) is 0 Å². The molecule has 0 radical (unpaired) electrons. The summed E-state index contributed by atoms with van der Waals surface area (Å²) in [6.07, 6.45) is 3.97. The van der Waals surface area contributed by atoms with Crippen LogP contribution in [0.1, 0.15) is 5.56 Å². The highest BCUT2D eigenvalue weighted by molar-refractivity contribution is 9.12.